The van der Waals surface area contributed by atoms with Gasteiger partial charge in [-0.25, -0.2) is 9.37 Å². The lowest BCUT2D eigenvalue weighted by atomic mass is 10.2. The number of nitro groups is 1. The fraction of sp³-hybridized carbons (Fsp3) is 0.0769. The largest absolute Gasteiger partial charge is 0.373 e. The normalized spacial score (nSPS) is 10.0. The summed E-state index contributed by atoms with van der Waals surface area (Å²) in [7, 11) is 1.58. The van der Waals surface area contributed by atoms with Gasteiger partial charge in [0, 0.05) is 18.8 Å². The summed E-state index contributed by atoms with van der Waals surface area (Å²) in [4.78, 5) is 26.2. The molecule has 1 aromatic heterocycles. The Bertz CT molecular complexity index is 688. The predicted octanol–water partition coefficient (Wildman–Crippen LogP) is 2.42. The first-order valence-corrected chi connectivity index (χ1v) is 5.90. The summed E-state index contributed by atoms with van der Waals surface area (Å²) in [5, 5.41) is 16.1. The molecule has 0 radical (unpaired) electrons. The van der Waals surface area contributed by atoms with Crippen molar-refractivity contribution < 1.29 is 14.1 Å². The van der Waals surface area contributed by atoms with Crippen LogP contribution >= 0.6 is 0 Å². The van der Waals surface area contributed by atoms with Crippen molar-refractivity contribution in [1.82, 2.24) is 4.98 Å². The van der Waals surface area contributed by atoms with Crippen LogP contribution in [0.3, 0.4) is 0 Å². The van der Waals surface area contributed by atoms with E-state index in [0.717, 1.165) is 6.20 Å². The van der Waals surface area contributed by atoms with Gasteiger partial charge in [0.1, 0.15) is 23.4 Å². The van der Waals surface area contributed by atoms with Crippen molar-refractivity contribution in [1.29, 1.82) is 0 Å². The number of hydrogen-bond acceptors (Lipinski definition) is 5. The number of benzene rings is 1. The van der Waals surface area contributed by atoms with Crippen LogP contribution in [0.15, 0.2) is 36.5 Å². The third-order valence-corrected chi connectivity index (χ3v) is 2.68. The van der Waals surface area contributed by atoms with Crippen molar-refractivity contribution in [2.45, 2.75) is 0 Å². The number of halogens is 1. The topological polar surface area (TPSA) is 97.2 Å². The molecule has 0 spiro atoms. The van der Waals surface area contributed by atoms with Crippen LogP contribution in [0.5, 0.6) is 0 Å². The number of carbonyl (C=O) groups is 1. The first kappa shape index (κ1) is 14.4. The van der Waals surface area contributed by atoms with Gasteiger partial charge in [-0.2, -0.15) is 0 Å². The van der Waals surface area contributed by atoms with Gasteiger partial charge in [0.25, 0.3) is 11.6 Å². The second-order valence-corrected chi connectivity index (χ2v) is 4.05. The highest BCUT2D eigenvalue weighted by molar-refractivity contribution is 6.07. The quantitative estimate of drug-likeness (QED) is 0.665. The lowest BCUT2D eigenvalue weighted by molar-refractivity contribution is -0.385. The minimum Gasteiger partial charge on any atom is -0.373 e. The molecule has 7 nitrogen and oxygen atoms in total. The Morgan fingerprint density at radius 1 is 1.33 bits per heavy atom. The van der Waals surface area contributed by atoms with Crippen molar-refractivity contribution in [3.8, 4) is 0 Å². The molecule has 1 aromatic carbocycles. The van der Waals surface area contributed by atoms with Crippen LogP contribution in [0, 0.1) is 15.9 Å². The Balaban J connectivity index is 2.33. The number of aromatic nitrogens is 1. The van der Waals surface area contributed by atoms with E-state index in [-0.39, 0.29) is 5.56 Å². The Kier molecular flexibility index (Phi) is 4.07. The number of hydrogen-bond donors (Lipinski definition) is 2. The van der Waals surface area contributed by atoms with Gasteiger partial charge in [-0.3, -0.25) is 14.9 Å². The van der Waals surface area contributed by atoms with Gasteiger partial charge in [-0.1, -0.05) is 0 Å². The van der Waals surface area contributed by atoms with E-state index >= 15 is 0 Å². The number of carbonyl (C=O) groups excluding carboxylic acids is 1. The SMILES string of the molecule is CNc1cc(C(=O)Nc2ccc(F)cc2)c([N+](=O)[O-])cn1. The summed E-state index contributed by atoms with van der Waals surface area (Å²) in [5.41, 5.74) is -0.212. The van der Waals surface area contributed by atoms with Crippen molar-refractivity contribution >= 4 is 23.1 Å². The number of pyridine rings is 1. The van der Waals surface area contributed by atoms with E-state index in [2.05, 4.69) is 15.6 Å². The van der Waals surface area contributed by atoms with Gasteiger partial charge < -0.3 is 10.6 Å². The zero-order valence-electron chi connectivity index (χ0n) is 11.0. The average Bonchev–Trinajstić information content (AvgIpc) is 2.48. The molecule has 0 saturated carbocycles. The molecule has 0 bridgehead atoms. The zero-order chi connectivity index (χ0) is 15.4. The van der Waals surface area contributed by atoms with Gasteiger partial charge in [0.15, 0.2) is 0 Å². The molecule has 108 valence electrons. The van der Waals surface area contributed by atoms with E-state index in [1.54, 1.807) is 7.05 Å². The molecule has 0 unspecified atom stereocenters. The molecule has 0 fully saturated rings. The van der Waals surface area contributed by atoms with Crippen LogP contribution in [0.4, 0.5) is 21.6 Å². The molecule has 0 aliphatic carbocycles. The lowest BCUT2D eigenvalue weighted by Gasteiger charge is -2.07. The smallest absolute Gasteiger partial charge is 0.300 e. The van der Waals surface area contributed by atoms with E-state index in [4.69, 9.17) is 0 Å². The fourth-order valence-corrected chi connectivity index (χ4v) is 1.64. The van der Waals surface area contributed by atoms with Crippen molar-refractivity contribution in [3.05, 3.63) is 58.0 Å². The minimum absolute atomic E-state index is 0.135. The number of nitrogens with one attached hydrogen (secondary N) is 2. The molecule has 0 aliphatic rings. The summed E-state index contributed by atoms with van der Waals surface area (Å²) in [6, 6.07) is 6.35. The standard InChI is InChI=1S/C13H11FN4O3/c1-15-12-6-10(11(7-16-12)18(20)21)13(19)17-9-4-2-8(14)3-5-9/h2-7H,1H3,(H,15,16)(H,17,19). The van der Waals surface area contributed by atoms with Crippen LogP contribution in [0.2, 0.25) is 0 Å². The van der Waals surface area contributed by atoms with E-state index in [1.165, 1.54) is 30.3 Å². The van der Waals surface area contributed by atoms with E-state index in [0.29, 0.717) is 11.5 Å². The summed E-state index contributed by atoms with van der Waals surface area (Å²) in [6.45, 7) is 0. The van der Waals surface area contributed by atoms with Gasteiger partial charge in [-0.15, -0.1) is 0 Å². The molecule has 2 rings (SSSR count). The van der Waals surface area contributed by atoms with Crippen LogP contribution < -0.4 is 10.6 Å². The second-order valence-electron chi connectivity index (χ2n) is 4.05. The van der Waals surface area contributed by atoms with Crippen LogP contribution in [-0.2, 0) is 0 Å². The highest BCUT2D eigenvalue weighted by atomic mass is 19.1. The molecule has 21 heavy (non-hydrogen) atoms. The number of rotatable bonds is 4. The zero-order valence-corrected chi connectivity index (χ0v) is 11.0. The lowest BCUT2D eigenvalue weighted by Crippen LogP contribution is -2.14. The van der Waals surface area contributed by atoms with Crippen molar-refractivity contribution in [2.75, 3.05) is 17.7 Å². The molecule has 2 N–H and O–H groups in total. The van der Waals surface area contributed by atoms with Crippen LogP contribution in [0.25, 0.3) is 0 Å². The third kappa shape index (κ3) is 3.30. The summed E-state index contributed by atoms with van der Waals surface area (Å²) >= 11 is 0. The maximum absolute atomic E-state index is 12.8. The molecular formula is C13H11FN4O3. The van der Waals surface area contributed by atoms with Gasteiger partial charge in [0.05, 0.1) is 4.92 Å². The van der Waals surface area contributed by atoms with Crippen LogP contribution in [-0.4, -0.2) is 22.9 Å². The van der Waals surface area contributed by atoms with E-state index in [1.807, 2.05) is 0 Å². The molecule has 2 aromatic rings. The Hall–Kier alpha value is -3.03. The fourth-order valence-electron chi connectivity index (χ4n) is 1.64. The number of nitrogens with zero attached hydrogens (tertiary/aromatic N) is 2. The molecule has 8 heteroatoms. The highest BCUT2D eigenvalue weighted by Gasteiger charge is 2.21. The average molecular weight is 290 g/mol. The summed E-state index contributed by atoms with van der Waals surface area (Å²) in [6.07, 6.45) is 1.01. The molecule has 0 saturated heterocycles. The third-order valence-electron chi connectivity index (χ3n) is 2.68. The van der Waals surface area contributed by atoms with Gasteiger partial charge >= 0.3 is 0 Å². The summed E-state index contributed by atoms with van der Waals surface area (Å²) in [5.74, 6) is -0.794. The summed E-state index contributed by atoms with van der Waals surface area (Å²) < 4.78 is 12.8. The molecule has 1 amide bonds. The Morgan fingerprint density at radius 2 is 2.00 bits per heavy atom. The van der Waals surface area contributed by atoms with E-state index < -0.39 is 22.3 Å². The molecular weight excluding hydrogens is 279 g/mol. The number of anilines is 2. The predicted molar refractivity (Wildman–Crippen MR) is 74.8 cm³/mol. The van der Waals surface area contributed by atoms with Crippen molar-refractivity contribution in [2.24, 2.45) is 0 Å². The first-order chi connectivity index (χ1) is 10.0. The molecule has 1 heterocycles. The van der Waals surface area contributed by atoms with E-state index in [9.17, 15) is 19.3 Å². The molecule has 0 atom stereocenters. The van der Waals surface area contributed by atoms with Gasteiger partial charge in [0.2, 0.25) is 0 Å². The number of amides is 1. The molecule has 0 aliphatic heterocycles. The highest BCUT2D eigenvalue weighted by Crippen LogP contribution is 2.21. The monoisotopic (exact) mass is 290 g/mol. The minimum atomic E-state index is -0.688. The second kappa shape index (κ2) is 5.95. The maximum Gasteiger partial charge on any atom is 0.300 e. The Labute approximate surface area is 119 Å². The first-order valence-electron chi connectivity index (χ1n) is 5.90. The van der Waals surface area contributed by atoms with Crippen molar-refractivity contribution in [3.63, 3.8) is 0 Å². The van der Waals surface area contributed by atoms with Gasteiger partial charge in [-0.05, 0) is 24.3 Å². The van der Waals surface area contributed by atoms with Crippen LogP contribution in [0.1, 0.15) is 10.4 Å². The Morgan fingerprint density at radius 3 is 2.57 bits per heavy atom. The maximum atomic E-state index is 12.8.